The predicted molar refractivity (Wildman–Crippen MR) is 131 cm³/mol. The second-order valence-corrected chi connectivity index (χ2v) is 10.5. The number of nitrogens with two attached hydrogens (primary N) is 1. The van der Waals surface area contributed by atoms with Gasteiger partial charge in [-0.15, -0.1) is 11.3 Å². The number of hydrogen-bond acceptors (Lipinski definition) is 7. The van der Waals surface area contributed by atoms with Crippen molar-refractivity contribution in [3.8, 4) is 16.5 Å². The molecule has 9 nitrogen and oxygen atoms in total. The zero-order chi connectivity index (χ0) is 24.5. The van der Waals surface area contributed by atoms with Gasteiger partial charge in [-0.25, -0.2) is 18.1 Å². The van der Waals surface area contributed by atoms with Crippen LogP contribution in [-0.2, 0) is 15.8 Å². The highest BCUT2D eigenvalue weighted by molar-refractivity contribution is 7.88. The van der Waals surface area contributed by atoms with Gasteiger partial charge in [-0.2, -0.15) is 0 Å². The molecule has 34 heavy (non-hydrogen) atoms. The SMILES string of the molecule is CNS(=O)(=O)Cc1ccc2ncn(-c3cc(OC(C)c4ccccc4OC)c(C(N)=O)s3)c2c1. The first-order chi connectivity index (χ1) is 16.2. The lowest BCUT2D eigenvalue weighted by molar-refractivity contribution is 0.0998. The van der Waals surface area contributed by atoms with E-state index in [0.717, 1.165) is 5.56 Å². The summed E-state index contributed by atoms with van der Waals surface area (Å²) in [4.78, 5) is 16.9. The van der Waals surface area contributed by atoms with Crippen molar-refractivity contribution in [1.29, 1.82) is 0 Å². The monoisotopic (exact) mass is 500 g/mol. The molecule has 11 heteroatoms. The highest BCUT2D eigenvalue weighted by Gasteiger charge is 2.21. The first-order valence-electron chi connectivity index (χ1n) is 10.3. The van der Waals surface area contributed by atoms with Gasteiger partial charge in [-0.1, -0.05) is 24.3 Å². The van der Waals surface area contributed by atoms with Crippen molar-refractivity contribution >= 4 is 38.3 Å². The van der Waals surface area contributed by atoms with Gasteiger partial charge in [-0.3, -0.25) is 9.36 Å². The fourth-order valence-corrected chi connectivity index (χ4v) is 5.30. The predicted octanol–water partition coefficient (Wildman–Crippen LogP) is 3.38. The number of fused-ring (bicyclic) bond motifs is 1. The molecule has 0 aliphatic carbocycles. The molecule has 0 saturated heterocycles. The second kappa shape index (κ2) is 9.45. The van der Waals surface area contributed by atoms with Crippen LogP contribution < -0.4 is 19.9 Å². The van der Waals surface area contributed by atoms with E-state index in [1.54, 1.807) is 42.3 Å². The van der Waals surface area contributed by atoms with Crippen LogP contribution in [0.25, 0.3) is 16.0 Å². The quantitative estimate of drug-likeness (QED) is 0.363. The third-order valence-electron chi connectivity index (χ3n) is 5.31. The number of benzene rings is 2. The van der Waals surface area contributed by atoms with Crippen LogP contribution in [0.4, 0.5) is 0 Å². The normalized spacial score (nSPS) is 12.6. The molecule has 0 aliphatic rings. The number of ether oxygens (including phenoxy) is 2. The number of amides is 1. The van der Waals surface area contributed by atoms with E-state index in [1.807, 2.05) is 31.2 Å². The Bertz CT molecular complexity index is 1460. The number of thiophene rings is 1. The van der Waals surface area contributed by atoms with E-state index in [2.05, 4.69) is 9.71 Å². The Morgan fingerprint density at radius 2 is 1.97 bits per heavy atom. The van der Waals surface area contributed by atoms with Crippen molar-refractivity contribution < 1.29 is 22.7 Å². The van der Waals surface area contributed by atoms with Crippen LogP contribution in [0.1, 0.15) is 33.8 Å². The zero-order valence-electron chi connectivity index (χ0n) is 18.8. The number of methoxy groups -OCH3 is 1. The fourth-order valence-electron chi connectivity index (χ4n) is 3.61. The smallest absolute Gasteiger partial charge is 0.262 e. The van der Waals surface area contributed by atoms with Gasteiger partial charge in [0.15, 0.2) is 0 Å². The third-order valence-corrected chi connectivity index (χ3v) is 7.77. The van der Waals surface area contributed by atoms with Gasteiger partial charge >= 0.3 is 0 Å². The molecule has 0 bridgehead atoms. The highest BCUT2D eigenvalue weighted by atomic mass is 32.2. The Balaban J connectivity index is 1.72. The lowest BCUT2D eigenvalue weighted by Gasteiger charge is -2.17. The summed E-state index contributed by atoms with van der Waals surface area (Å²) in [5, 5.41) is 0.659. The van der Waals surface area contributed by atoms with Crippen LogP contribution >= 0.6 is 11.3 Å². The molecule has 1 amide bonds. The first kappa shape index (κ1) is 23.7. The van der Waals surface area contributed by atoms with E-state index in [1.165, 1.54) is 18.4 Å². The van der Waals surface area contributed by atoms with Gasteiger partial charge in [0, 0.05) is 11.6 Å². The number of sulfonamides is 1. The number of rotatable bonds is 9. The Labute approximate surface area is 201 Å². The first-order valence-corrected chi connectivity index (χ1v) is 12.8. The highest BCUT2D eigenvalue weighted by Crippen LogP contribution is 2.37. The maximum atomic E-state index is 12.2. The van der Waals surface area contributed by atoms with Crippen molar-refractivity contribution in [3.05, 3.63) is 70.9 Å². The Morgan fingerprint density at radius 3 is 2.68 bits per heavy atom. The van der Waals surface area contributed by atoms with E-state index < -0.39 is 22.0 Å². The summed E-state index contributed by atoms with van der Waals surface area (Å²) in [7, 11) is -0.465. The molecule has 2 heterocycles. The summed E-state index contributed by atoms with van der Waals surface area (Å²) in [6.07, 6.45) is 1.21. The van der Waals surface area contributed by atoms with Crippen LogP contribution in [0.5, 0.6) is 11.5 Å². The minimum atomic E-state index is -3.43. The van der Waals surface area contributed by atoms with Gasteiger partial charge < -0.3 is 15.2 Å². The van der Waals surface area contributed by atoms with E-state index >= 15 is 0 Å². The van der Waals surface area contributed by atoms with E-state index in [4.69, 9.17) is 15.2 Å². The molecule has 2 aromatic carbocycles. The summed E-state index contributed by atoms with van der Waals surface area (Å²) in [6, 6.07) is 14.5. The van der Waals surface area contributed by atoms with Crippen LogP contribution in [0.3, 0.4) is 0 Å². The third kappa shape index (κ3) is 4.76. The molecule has 178 valence electrons. The Kier molecular flexibility index (Phi) is 6.60. The largest absolute Gasteiger partial charge is 0.496 e. The average molecular weight is 501 g/mol. The van der Waals surface area contributed by atoms with Crippen molar-refractivity contribution in [2.24, 2.45) is 5.73 Å². The van der Waals surface area contributed by atoms with Gasteiger partial charge in [0.25, 0.3) is 5.91 Å². The standard InChI is InChI=1S/C23H24N4O5S2/c1-14(16-6-4-5-7-19(16)31-3)32-20-11-21(33-22(20)23(24)28)27-13-26-17-9-8-15(10-18(17)27)12-34(29,30)25-2/h4-11,13-14,25H,12H2,1-3H3,(H2,24,28). The molecular weight excluding hydrogens is 476 g/mol. The molecule has 0 saturated carbocycles. The van der Waals surface area contributed by atoms with Crippen LogP contribution in [-0.4, -0.2) is 38.0 Å². The molecule has 4 aromatic rings. The number of imidazole rings is 1. The average Bonchev–Trinajstić information content (AvgIpc) is 3.42. The van der Waals surface area contributed by atoms with Crippen molar-refractivity contribution in [2.75, 3.05) is 14.2 Å². The van der Waals surface area contributed by atoms with Crippen molar-refractivity contribution in [2.45, 2.75) is 18.8 Å². The maximum Gasteiger partial charge on any atom is 0.262 e. The summed E-state index contributed by atoms with van der Waals surface area (Å²) in [6.45, 7) is 1.86. The van der Waals surface area contributed by atoms with Crippen molar-refractivity contribution in [3.63, 3.8) is 0 Å². The molecule has 0 spiro atoms. The minimum Gasteiger partial charge on any atom is -0.496 e. The number of primary amides is 1. The van der Waals surface area contributed by atoms with Gasteiger partial charge in [0.2, 0.25) is 10.0 Å². The number of aromatic nitrogens is 2. The fraction of sp³-hybridized carbons (Fsp3) is 0.217. The van der Waals surface area contributed by atoms with E-state index in [9.17, 15) is 13.2 Å². The van der Waals surface area contributed by atoms with Gasteiger partial charge in [-0.05, 0) is 37.7 Å². The summed E-state index contributed by atoms with van der Waals surface area (Å²) in [5.74, 6) is 0.257. The summed E-state index contributed by atoms with van der Waals surface area (Å²) >= 11 is 1.17. The number of carbonyl (C=O) groups excluding carboxylic acids is 1. The van der Waals surface area contributed by atoms with Crippen LogP contribution in [0, 0.1) is 0 Å². The molecule has 2 aromatic heterocycles. The summed E-state index contributed by atoms with van der Waals surface area (Å²) in [5.41, 5.74) is 8.46. The molecule has 0 radical (unpaired) electrons. The minimum absolute atomic E-state index is 0.160. The van der Waals surface area contributed by atoms with Crippen LogP contribution in [0.2, 0.25) is 0 Å². The Morgan fingerprint density at radius 1 is 1.21 bits per heavy atom. The number of hydrogen-bond donors (Lipinski definition) is 2. The van der Waals surface area contributed by atoms with Gasteiger partial charge in [0.05, 0.1) is 23.9 Å². The topological polar surface area (TPSA) is 126 Å². The Hall–Kier alpha value is -3.41. The second-order valence-electron chi connectivity index (χ2n) is 7.55. The molecule has 1 atom stereocenters. The van der Waals surface area contributed by atoms with Gasteiger partial charge in [0.1, 0.15) is 33.8 Å². The van der Waals surface area contributed by atoms with Crippen LogP contribution in [0.15, 0.2) is 54.9 Å². The zero-order valence-corrected chi connectivity index (χ0v) is 20.4. The maximum absolute atomic E-state index is 12.2. The molecule has 3 N–H and O–H groups in total. The van der Waals surface area contributed by atoms with Crippen molar-refractivity contribution in [1.82, 2.24) is 14.3 Å². The molecule has 0 aliphatic heterocycles. The summed E-state index contributed by atoms with van der Waals surface area (Å²) < 4.78 is 39.6. The van der Waals surface area contributed by atoms with E-state index in [-0.39, 0.29) is 10.6 Å². The number of carbonyl (C=O) groups is 1. The molecular formula is C23H24N4O5S2. The molecule has 4 rings (SSSR count). The van der Waals surface area contributed by atoms with E-state index in [0.29, 0.717) is 33.1 Å². The number of nitrogens with zero attached hydrogens (tertiary/aromatic N) is 2. The lowest BCUT2D eigenvalue weighted by Crippen LogP contribution is -2.20. The number of para-hydroxylation sites is 1. The lowest BCUT2D eigenvalue weighted by atomic mass is 10.1. The molecule has 0 fully saturated rings. The number of nitrogens with one attached hydrogen (secondary N) is 1. The molecule has 1 unspecified atom stereocenters.